The Balaban J connectivity index is 4.71. The molecule has 0 saturated heterocycles. The molecule has 3 amide bonds. The van der Waals surface area contributed by atoms with Gasteiger partial charge in [0.25, 0.3) is 29.1 Å². The van der Waals surface area contributed by atoms with Gasteiger partial charge in [-0.25, -0.2) is 0 Å². The van der Waals surface area contributed by atoms with Gasteiger partial charge < -0.3 is 15.5 Å². The van der Waals surface area contributed by atoms with E-state index in [0.717, 1.165) is 4.90 Å². The number of alkyl halides is 9. The Morgan fingerprint density at radius 2 is 0.960 bits per heavy atom. The molecule has 6 nitrogen and oxygen atoms in total. The Labute approximate surface area is 188 Å². The summed E-state index contributed by atoms with van der Waals surface area (Å²) in [6, 6.07) is 0. The van der Waals surface area contributed by atoms with E-state index in [2.05, 4.69) is 10.6 Å². The van der Waals surface area contributed by atoms with Gasteiger partial charge in [0.15, 0.2) is 0 Å². The van der Waals surface area contributed by atoms with Crippen LogP contribution in [0.1, 0.15) is 0 Å². The first-order valence-corrected chi connectivity index (χ1v) is 9.53. The molecule has 0 atom stereocenters. The Hall–Kier alpha value is 1.02. The maximum atomic E-state index is 12.1. The summed E-state index contributed by atoms with van der Waals surface area (Å²) in [4.78, 5) is 36.0. The van der Waals surface area contributed by atoms with Crippen LogP contribution in [0.15, 0.2) is 0 Å². The molecule has 0 aliphatic carbocycles. The van der Waals surface area contributed by atoms with Crippen LogP contribution in [0.25, 0.3) is 0 Å². The van der Waals surface area contributed by atoms with Crippen LogP contribution in [0.4, 0.5) is 0 Å². The van der Waals surface area contributed by atoms with Crippen molar-refractivity contribution in [1.29, 1.82) is 0 Å². The minimum atomic E-state index is -2.25. The maximum Gasteiger partial charge on any atom is 0.274 e. The lowest BCUT2D eigenvalue weighted by atomic mass is 10.4. The summed E-state index contributed by atoms with van der Waals surface area (Å²) in [7, 11) is 0. The van der Waals surface area contributed by atoms with Crippen molar-refractivity contribution < 1.29 is 14.4 Å². The van der Waals surface area contributed by atoms with Gasteiger partial charge in [0.05, 0.1) is 0 Å². The minimum Gasteiger partial charge on any atom is -0.351 e. The Morgan fingerprint density at radius 1 is 0.640 bits per heavy atom. The predicted molar refractivity (Wildman–Crippen MR) is 103 cm³/mol. The molecule has 0 aliphatic heterocycles. The number of carbonyl (C=O) groups excluding carboxylic acids is 3. The second-order valence-electron chi connectivity index (χ2n) is 4.30. The first kappa shape index (κ1) is 26.0. The molecule has 0 unspecified atom stereocenters. The van der Waals surface area contributed by atoms with E-state index in [4.69, 9.17) is 104 Å². The largest absolute Gasteiger partial charge is 0.351 e. The quantitative estimate of drug-likeness (QED) is 0.510. The summed E-state index contributed by atoms with van der Waals surface area (Å²) in [5.41, 5.74) is 0. The van der Waals surface area contributed by atoms with E-state index in [0.29, 0.717) is 0 Å². The monoisotopic (exact) mass is 535 g/mol. The van der Waals surface area contributed by atoms with Gasteiger partial charge >= 0.3 is 0 Å². The molecule has 0 rings (SSSR count). The fourth-order valence-electron chi connectivity index (χ4n) is 1.30. The molecule has 0 bridgehead atoms. The number of rotatable bonds is 6. The lowest BCUT2D eigenvalue weighted by Gasteiger charge is -2.26. The Morgan fingerprint density at radius 3 is 1.20 bits per heavy atom. The van der Waals surface area contributed by atoms with Crippen molar-refractivity contribution in [2.45, 2.75) is 11.4 Å². The third-order valence-corrected chi connectivity index (χ3v) is 3.89. The van der Waals surface area contributed by atoms with Gasteiger partial charge in [-0.1, -0.05) is 104 Å². The van der Waals surface area contributed by atoms with Gasteiger partial charge in [-0.05, 0) is 0 Å². The minimum absolute atomic E-state index is 0.108. The number of hydrogen-bond acceptors (Lipinski definition) is 3. The zero-order valence-electron chi connectivity index (χ0n) is 11.9. The number of carbonyl (C=O) groups is 3. The standard InChI is InChI=1S/C10H10Cl9N3O3/c11-8(12,13)5(23)20-1-3-22(7(25)10(17,18)19)4-2-21-6(24)9(14,15)16/h1-4H2,(H,20,23)(H,21,24). The first-order valence-electron chi connectivity index (χ1n) is 6.13. The van der Waals surface area contributed by atoms with Crippen molar-refractivity contribution in [3.8, 4) is 0 Å². The summed E-state index contributed by atoms with van der Waals surface area (Å²) >= 11 is 48.9. The third kappa shape index (κ3) is 10.8. The lowest BCUT2D eigenvalue weighted by molar-refractivity contribution is -0.131. The summed E-state index contributed by atoms with van der Waals surface area (Å²) in [5.74, 6) is -2.70. The van der Waals surface area contributed by atoms with E-state index in [1.807, 2.05) is 0 Å². The summed E-state index contributed by atoms with van der Waals surface area (Å²) < 4.78 is -6.58. The van der Waals surface area contributed by atoms with Crippen LogP contribution in [0.5, 0.6) is 0 Å². The van der Waals surface area contributed by atoms with Gasteiger partial charge in [0.2, 0.25) is 0 Å². The van der Waals surface area contributed by atoms with E-state index < -0.39 is 29.1 Å². The molecule has 15 heteroatoms. The van der Waals surface area contributed by atoms with E-state index in [9.17, 15) is 14.4 Å². The van der Waals surface area contributed by atoms with Crippen LogP contribution in [-0.2, 0) is 14.4 Å². The molecule has 0 fully saturated rings. The summed E-state index contributed by atoms with van der Waals surface area (Å²) in [6.07, 6.45) is 0. The number of nitrogens with zero attached hydrogens (tertiary/aromatic N) is 1. The predicted octanol–water partition coefficient (Wildman–Crippen LogP) is 3.16. The number of hydrogen-bond donors (Lipinski definition) is 2. The highest BCUT2D eigenvalue weighted by molar-refractivity contribution is 6.77. The molecule has 0 aromatic rings. The summed E-state index contributed by atoms with van der Waals surface area (Å²) in [5, 5.41) is 4.55. The van der Waals surface area contributed by atoms with Crippen LogP contribution in [0.2, 0.25) is 0 Å². The van der Waals surface area contributed by atoms with Gasteiger partial charge in [0.1, 0.15) is 0 Å². The molecule has 146 valence electrons. The Kier molecular flexibility index (Phi) is 11.0. The van der Waals surface area contributed by atoms with Crippen LogP contribution in [0.3, 0.4) is 0 Å². The molecule has 0 aromatic heterocycles. The van der Waals surface area contributed by atoms with Crippen molar-refractivity contribution in [3.05, 3.63) is 0 Å². The van der Waals surface area contributed by atoms with E-state index in [1.165, 1.54) is 0 Å². The molecule has 25 heavy (non-hydrogen) atoms. The molecule has 0 spiro atoms. The fraction of sp³-hybridized carbons (Fsp3) is 0.700. The zero-order valence-corrected chi connectivity index (χ0v) is 18.7. The molecule has 2 N–H and O–H groups in total. The van der Waals surface area contributed by atoms with E-state index >= 15 is 0 Å². The van der Waals surface area contributed by atoms with Crippen LogP contribution >= 0.6 is 104 Å². The molecule has 0 aliphatic rings. The van der Waals surface area contributed by atoms with Gasteiger partial charge in [-0.15, -0.1) is 0 Å². The number of amides is 3. The third-order valence-electron chi connectivity index (χ3n) is 2.38. The molecule has 0 aromatic carbocycles. The summed E-state index contributed by atoms with van der Waals surface area (Å²) in [6.45, 7) is -0.443. The van der Waals surface area contributed by atoms with Gasteiger partial charge in [-0.2, -0.15) is 0 Å². The smallest absolute Gasteiger partial charge is 0.274 e. The zero-order chi connectivity index (χ0) is 20.1. The normalized spacial score (nSPS) is 12.5. The number of nitrogens with one attached hydrogen (secondary N) is 2. The molecule has 0 radical (unpaired) electrons. The van der Waals surface area contributed by atoms with Crippen molar-refractivity contribution >= 4 is 122 Å². The van der Waals surface area contributed by atoms with Crippen LogP contribution in [0, 0.1) is 0 Å². The highest BCUT2D eigenvalue weighted by Gasteiger charge is 2.36. The van der Waals surface area contributed by atoms with Crippen molar-refractivity contribution in [2.75, 3.05) is 26.2 Å². The second-order valence-corrected chi connectivity index (χ2v) is 11.1. The van der Waals surface area contributed by atoms with Crippen molar-refractivity contribution in [2.24, 2.45) is 0 Å². The van der Waals surface area contributed by atoms with Gasteiger partial charge in [0, 0.05) is 26.2 Å². The van der Waals surface area contributed by atoms with Crippen molar-refractivity contribution in [3.63, 3.8) is 0 Å². The molecule has 0 saturated carbocycles. The lowest BCUT2D eigenvalue weighted by Crippen LogP contribution is -2.48. The van der Waals surface area contributed by atoms with E-state index in [1.54, 1.807) is 0 Å². The van der Waals surface area contributed by atoms with Gasteiger partial charge in [-0.3, -0.25) is 14.4 Å². The molecular weight excluding hydrogens is 529 g/mol. The molecular formula is C10H10Cl9N3O3. The maximum absolute atomic E-state index is 12.1. The highest BCUT2D eigenvalue weighted by Crippen LogP contribution is 2.29. The second kappa shape index (κ2) is 10.5. The first-order chi connectivity index (χ1) is 11.1. The van der Waals surface area contributed by atoms with Crippen LogP contribution in [-0.4, -0.2) is 60.2 Å². The SMILES string of the molecule is O=C(NCCN(CCNC(=O)C(Cl)(Cl)Cl)C(=O)C(Cl)(Cl)Cl)C(Cl)(Cl)Cl. The fourth-order valence-corrected chi connectivity index (χ4v) is 2.06. The average molecular weight is 539 g/mol. The topological polar surface area (TPSA) is 78.5 Å². The Bertz CT molecular complexity index is 467. The number of halogens is 9. The average Bonchev–Trinajstić information content (AvgIpc) is 2.41. The molecule has 0 heterocycles. The van der Waals surface area contributed by atoms with Crippen molar-refractivity contribution in [1.82, 2.24) is 15.5 Å². The van der Waals surface area contributed by atoms with E-state index in [-0.39, 0.29) is 26.2 Å². The highest BCUT2D eigenvalue weighted by atomic mass is 35.6. The van der Waals surface area contributed by atoms with Crippen LogP contribution < -0.4 is 10.6 Å².